The van der Waals surface area contributed by atoms with Crippen LogP contribution in [-0.2, 0) is 11.3 Å². The van der Waals surface area contributed by atoms with E-state index in [1.165, 1.54) is 0 Å². The summed E-state index contributed by atoms with van der Waals surface area (Å²) in [5.41, 5.74) is 6.96. The van der Waals surface area contributed by atoms with Gasteiger partial charge in [0.15, 0.2) is 0 Å². The van der Waals surface area contributed by atoms with Crippen LogP contribution in [0.3, 0.4) is 0 Å². The van der Waals surface area contributed by atoms with Crippen LogP contribution in [0.15, 0.2) is 6.20 Å². The first kappa shape index (κ1) is 11.7. The van der Waals surface area contributed by atoms with E-state index >= 15 is 0 Å². The summed E-state index contributed by atoms with van der Waals surface area (Å²) >= 11 is 0. The molecule has 84 valence electrons. The number of hydrogen-bond donors (Lipinski definition) is 3. The van der Waals surface area contributed by atoms with Gasteiger partial charge in [0.2, 0.25) is 5.91 Å². The minimum Gasteiger partial charge on any atom is -0.351 e. The second kappa shape index (κ2) is 4.44. The van der Waals surface area contributed by atoms with Crippen molar-refractivity contribution in [2.45, 2.75) is 27.3 Å². The van der Waals surface area contributed by atoms with E-state index in [9.17, 15) is 4.79 Å². The molecule has 0 saturated carbocycles. The van der Waals surface area contributed by atoms with Crippen LogP contribution in [-0.4, -0.2) is 22.6 Å². The van der Waals surface area contributed by atoms with Gasteiger partial charge in [-0.15, -0.1) is 0 Å². The summed E-state index contributed by atoms with van der Waals surface area (Å²) in [7, 11) is 0. The Balaban J connectivity index is 2.52. The van der Waals surface area contributed by atoms with Crippen molar-refractivity contribution in [1.29, 1.82) is 0 Å². The van der Waals surface area contributed by atoms with E-state index in [1.807, 2.05) is 20.8 Å². The zero-order valence-corrected chi connectivity index (χ0v) is 9.42. The van der Waals surface area contributed by atoms with E-state index in [1.54, 1.807) is 6.20 Å². The van der Waals surface area contributed by atoms with Crippen molar-refractivity contribution in [3.63, 3.8) is 0 Å². The van der Waals surface area contributed by atoms with E-state index in [0.717, 1.165) is 11.3 Å². The third kappa shape index (κ3) is 2.79. The second-order valence-corrected chi connectivity index (χ2v) is 4.29. The molecule has 0 unspecified atom stereocenters. The molecule has 0 radical (unpaired) electrons. The van der Waals surface area contributed by atoms with E-state index in [0.29, 0.717) is 13.1 Å². The summed E-state index contributed by atoms with van der Waals surface area (Å²) in [6.07, 6.45) is 1.71. The highest BCUT2D eigenvalue weighted by atomic mass is 16.2. The van der Waals surface area contributed by atoms with Gasteiger partial charge < -0.3 is 11.1 Å². The minimum absolute atomic E-state index is 0.0365. The number of carbonyl (C=O) groups excluding carboxylic acids is 1. The number of amides is 1. The maximum absolute atomic E-state index is 11.7. The van der Waals surface area contributed by atoms with Crippen LogP contribution >= 0.6 is 0 Å². The zero-order valence-electron chi connectivity index (χ0n) is 9.42. The molecule has 5 heteroatoms. The maximum atomic E-state index is 11.7. The van der Waals surface area contributed by atoms with Gasteiger partial charge in [-0.05, 0) is 20.8 Å². The molecule has 0 aliphatic carbocycles. The molecular formula is C10H18N4O. The molecule has 1 aromatic heterocycles. The summed E-state index contributed by atoms with van der Waals surface area (Å²) in [4.78, 5) is 11.7. The van der Waals surface area contributed by atoms with Gasteiger partial charge in [-0.1, -0.05) is 0 Å². The Kier molecular flexibility index (Phi) is 3.47. The lowest BCUT2D eigenvalue weighted by molar-refractivity contribution is -0.129. The SMILES string of the molecule is Cc1[nH]ncc1CNC(=O)C(C)(C)CN. The normalized spacial score (nSPS) is 11.5. The summed E-state index contributed by atoms with van der Waals surface area (Å²) in [6, 6.07) is 0. The van der Waals surface area contributed by atoms with E-state index < -0.39 is 5.41 Å². The van der Waals surface area contributed by atoms with E-state index in [4.69, 9.17) is 5.73 Å². The number of hydrogen-bond acceptors (Lipinski definition) is 3. The molecule has 1 rings (SSSR count). The van der Waals surface area contributed by atoms with Crippen molar-refractivity contribution in [3.8, 4) is 0 Å². The zero-order chi connectivity index (χ0) is 11.5. The van der Waals surface area contributed by atoms with Crippen molar-refractivity contribution >= 4 is 5.91 Å². The second-order valence-electron chi connectivity index (χ2n) is 4.29. The van der Waals surface area contributed by atoms with Gasteiger partial charge >= 0.3 is 0 Å². The van der Waals surface area contributed by atoms with Gasteiger partial charge in [0.25, 0.3) is 0 Å². The molecule has 0 atom stereocenters. The van der Waals surface area contributed by atoms with Crippen molar-refractivity contribution in [3.05, 3.63) is 17.5 Å². The standard InChI is InChI=1S/C10H18N4O/c1-7-8(5-13-14-7)4-12-9(15)10(2,3)6-11/h5H,4,6,11H2,1-3H3,(H,12,15)(H,13,14). The Morgan fingerprint density at radius 1 is 1.67 bits per heavy atom. The van der Waals surface area contributed by atoms with Crippen LogP contribution < -0.4 is 11.1 Å². The molecule has 0 aromatic carbocycles. The van der Waals surface area contributed by atoms with E-state index in [-0.39, 0.29) is 5.91 Å². The number of H-pyrrole nitrogens is 1. The predicted molar refractivity (Wildman–Crippen MR) is 58.0 cm³/mol. The van der Waals surface area contributed by atoms with Crippen molar-refractivity contribution in [1.82, 2.24) is 15.5 Å². The Bertz CT molecular complexity index is 343. The number of rotatable bonds is 4. The average Bonchev–Trinajstić information content (AvgIpc) is 2.60. The highest BCUT2D eigenvalue weighted by Crippen LogP contribution is 2.12. The predicted octanol–water partition coefficient (Wildman–Crippen LogP) is 0.319. The van der Waals surface area contributed by atoms with E-state index in [2.05, 4.69) is 15.5 Å². The quantitative estimate of drug-likeness (QED) is 0.669. The maximum Gasteiger partial charge on any atom is 0.227 e. The topological polar surface area (TPSA) is 83.8 Å². The number of aromatic amines is 1. The van der Waals surface area contributed by atoms with Crippen LogP contribution in [0.1, 0.15) is 25.1 Å². The fourth-order valence-electron chi connectivity index (χ4n) is 1.06. The smallest absolute Gasteiger partial charge is 0.227 e. The largest absolute Gasteiger partial charge is 0.351 e. The Hall–Kier alpha value is -1.36. The molecular weight excluding hydrogens is 192 g/mol. The molecule has 1 amide bonds. The summed E-state index contributed by atoms with van der Waals surface area (Å²) in [6.45, 7) is 6.39. The highest BCUT2D eigenvalue weighted by Gasteiger charge is 2.25. The highest BCUT2D eigenvalue weighted by molar-refractivity contribution is 5.82. The van der Waals surface area contributed by atoms with Crippen molar-refractivity contribution in [2.75, 3.05) is 6.54 Å². The van der Waals surface area contributed by atoms with Crippen LogP contribution in [0.25, 0.3) is 0 Å². The molecule has 1 heterocycles. The monoisotopic (exact) mass is 210 g/mol. The summed E-state index contributed by atoms with van der Waals surface area (Å²) < 4.78 is 0. The fraction of sp³-hybridized carbons (Fsp3) is 0.600. The molecule has 0 aliphatic rings. The summed E-state index contributed by atoms with van der Waals surface area (Å²) in [5.74, 6) is -0.0365. The first-order chi connectivity index (χ1) is 6.97. The van der Waals surface area contributed by atoms with Gasteiger partial charge in [-0.3, -0.25) is 9.89 Å². The lowest BCUT2D eigenvalue weighted by atomic mass is 9.92. The van der Waals surface area contributed by atoms with Crippen LogP contribution in [0.2, 0.25) is 0 Å². The van der Waals surface area contributed by atoms with Crippen LogP contribution in [0.5, 0.6) is 0 Å². The lowest BCUT2D eigenvalue weighted by Gasteiger charge is -2.21. The van der Waals surface area contributed by atoms with Gasteiger partial charge in [0.05, 0.1) is 11.6 Å². The molecule has 0 saturated heterocycles. The molecule has 15 heavy (non-hydrogen) atoms. The first-order valence-corrected chi connectivity index (χ1v) is 4.94. The number of nitrogens with two attached hydrogens (primary N) is 1. The van der Waals surface area contributed by atoms with Crippen LogP contribution in [0, 0.1) is 12.3 Å². The summed E-state index contributed by atoms with van der Waals surface area (Å²) in [5, 5.41) is 9.54. The third-order valence-electron chi connectivity index (χ3n) is 2.50. The third-order valence-corrected chi connectivity index (χ3v) is 2.50. The minimum atomic E-state index is -0.516. The first-order valence-electron chi connectivity index (χ1n) is 4.94. The number of nitrogens with one attached hydrogen (secondary N) is 2. The molecule has 0 fully saturated rings. The van der Waals surface area contributed by atoms with Gasteiger partial charge in [0, 0.05) is 24.3 Å². The van der Waals surface area contributed by atoms with Gasteiger partial charge in [-0.2, -0.15) is 5.10 Å². The molecule has 0 bridgehead atoms. The Labute approximate surface area is 89.4 Å². The molecule has 0 spiro atoms. The van der Waals surface area contributed by atoms with Crippen LogP contribution in [0.4, 0.5) is 0 Å². The van der Waals surface area contributed by atoms with Gasteiger partial charge in [-0.25, -0.2) is 0 Å². The van der Waals surface area contributed by atoms with Crippen molar-refractivity contribution in [2.24, 2.45) is 11.1 Å². The lowest BCUT2D eigenvalue weighted by Crippen LogP contribution is -2.41. The Morgan fingerprint density at radius 2 is 2.33 bits per heavy atom. The fourth-order valence-corrected chi connectivity index (χ4v) is 1.06. The average molecular weight is 210 g/mol. The number of aromatic nitrogens is 2. The number of aryl methyl sites for hydroxylation is 1. The number of nitrogens with zero attached hydrogens (tertiary/aromatic N) is 1. The molecule has 1 aromatic rings. The molecule has 5 nitrogen and oxygen atoms in total. The van der Waals surface area contributed by atoms with Crippen molar-refractivity contribution < 1.29 is 4.79 Å². The Morgan fingerprint density at radius 3 is 2.80 bits per heavy atom. The number of carbonyl (C=O) groups is 1. The van der Waals surface area contributed by atoms with Gasteiger partial charge in [0.1, 0.15) is 0 Å². The molecule has 4 N–H and O–H groups in total. The molecule has 0 aliphatic heterocycles.